The number of hydrogen-bond acceptors (Lipinski definition) is 3. The van der Waals surface area contributed by atoms with E-state index in [0.29, 0.717) is 17.8 Å². The summed E-state index contributed by atoms with van der Waals surface area (Å²) in [6, 6.07) is 10.4. The lowest BCUT2D eigenvalue weighted by Gasteiger charge is -2.30. The molecule has 0 bridgehead atoms. The van der Waals surface area contributed by atoms with Crippen LogP contribution in [0, 0.1) is 0 Å². The smallest absolute Gasteiger partial charge is 0.191 e. The maximum absolute atomic E-state index is 12.2. The zero-order valence-electron chi connectivity index (χ0n) is 17.2. The van der Waals surface area contributed by atoms with Gasteiger partial charge >= 0.3 is 0 Å². The Balaban J connectivity index is 0.00000300. The average Bonchev–Trinajstić information content (AvgIpc) is 3.21. The number of aliphatic imine (C=N–C) groups is 1. The van der Waals surface area contributed by atoms with Gasteiger partial charge in [0.2, 0.25) is 0 Å². The minimum absolute atomic E-state index is 0. The summed E-state index contributed by atoms with van der Waals surface area (Å²) in [5, 5.41) is 11.6. The molecular formula is C21H32IN5OS. The first-order chi connectivity index (χ1) is 13.7. The number of para-hydroxylation sites is 1. The molecule has 2 aromatic rings. The molecule has 29 heavy (non-hydrogen) atoms. The number of halogens is 1. The fraction of sp³-hybridized carbons (Fsp3) is 0.524. The van der Waals surface area contributed by atoms with Crippen LogP contribution >= 0.6 is 24.0 Å². The summed E-state index contributed by atoms with van der Waals surface area (Å²) < 4.78 is 14.1. The van der Waals surface area contributed by atoms with E-state index in [1.54, 1.807) is 0 Å². The van der Waals surface area contributed by atoms with Crippen LogP contribution in [-0.2, 0) is 17.3 Å². The number of rotatable bonds is 7. The van der Waals surface area contributed by atoms with Gasteiger partial charge in [-0.15, -0.1) is 24.0 Å². The van der Waals surface area contributed by atoms with Crippen molar-refractivity contribution in [1.29, 1.82) is 0 Å². The Labute approximate surface area is 193 Å². The topological polar surface area (TPSA) is 71.3 Å². The van der Waals surface area contributed by atoms with E-state index in [1.807, 2.05) is 54.3 Å². The minimum atomic E-state index is -0.713. The van der Waals surface area contributed by atoms with Crippen LogP contribution in [0.5, 0.6) is 0 Å². The molecule has 6 nitrogen and oxygen atoms in total. The monoisotopic (exact) mass is 529 g/mol. The number of guanidine groups is 1. The third-order valence-corrected chi connectivity index (χ3v) is 6.78. The second-order valence-corrected chi connectivity index (χ2v) is 9.13. The van der Waals surface area contributed by atoms with E-state index in [2.05, 4.69) is 22.7 Å². The standard InChI is InChI=1S/C21H31N5OS.HI/c1-3-22-21(25-18-9-8-12-20(13-18)28(27)4-2)23-14-17-15-24-26(16-17)19-10-6-5-7-11-19;/h5-7,10-11,15-16,18,20H,3-4,8-9,12-14H2,1-2H3,(H2,22,23,25);1H. The number of nitrogens with zero attached hydrogens (tertiary/aromatic N) is 3. The van der Waals surface area contributed by atoms with Gasteiger partial charge in [0.15, 0.2) is 5.96 Å². The van der Waals surface area contributed by atoms with Crippen LogP contribution in [-0.4, -0.2) is 43.5 Å². The number of aromatic nitrogens is 2. The van der Waals surface area contributed by atoms with Crippen molar-refractivity contribution in [2.75, 3.05) is 12.3 Å². The molecule has 1 aliphatic carbocycles. The Morgan fingerprint density at radius 1 is 1.28 bits per heavy atom. The highest BCUT2D eigenvalue weighted by Gasteiger charge is 2.26. The molecule has 0 saturated heterocycles. The molecule has 8 heteroatoms. The van der Waals surface area contributed by atoms with Gasteiger partial charge in [-0.25, -0.2) is 9.67 Å². The summed E-state index contributed by atoms with van der Waals surface area (Å²) in [7, 11) is -0.713. The van der Waals surface area contributed by atoms with Crippen molar-refractivity contribution in [3.8, 4) is 5.69 Å². The molecule has 1 aliphatic rings. The SMILES string of the molecule is CCNC(=NCc1cnn(-c2ccccc2)c1)NC1CCCC(S(=O)CC)C1.I. The van der Waals surface area contributed by atoms with Crippen molar-refractivity contribution in [3.63, 3.8) is 0 Å². The third-order valence-electron chi connectivity index (χ3n) is 5.04. The van der Waals surface area contributed by atoms with E-state index in [9.17, 15) is 4.21 Å². The van der Waals surface area contributed by atoms with Crippen LogP contribution in [0.4, 0.5) is 0 Å². The van der Waals surface area contributed by atoms with Crippen LogP contribution in [0.2, 0.25) is 0 Å². The molecule has 2 N–H and O–H groups in total. The van der Waals surface area contributed by atoms with E-state index in [4.69, 9.17) is 4.99 Å². The highest BCUT2D eigenvalue weighted by molar-refractivity contribution is 14.0. The largest absolute Gasteiger partial charge is 0.357 e. The Hall–Kier alpha value is -1.42. The second kappa shape index (κ2) is 12.3. The predicted octanol–water partition coefficient (Wildman–Crippen LogP) is 3.63. The lowest BCUT2D eigenvalue weighted by Crippen LogP contribution is -2.46. The molecule has 1 heterocycles. The van der Waals surface area contributed by atoms with Gasteiger partial charge in [0.05, 0.1) is 18.4 Å². The predicted molar refractivity (Wildman–Crippen MR) is 132 cm³/mol. The van der Waals surface area contributed by atoms with Gasteiger partial charge in [-0.05, 0) is 38.3 Å². The molecule has 0 spiro atoms. The van der Waals surface area contributed by atoms with E-state index in [0.717, 1.165) is 55.2 Å². The van der Waals surface area contributed by atoms with Gasteiger partial charge in [-0.2, -0.15) is 5.10 Å². The van der Waals surface area contributed by atoms with Crippen molar-refractivity contribution >= 4 is 40.7 Å². The molecule has 3 unspecified atom stereocenters. The summed E-state index contributed by atoms with van der Waals surface area (Å²) in [6.45, 7) is 5.46. The zero-order valence-corrected chi connectivity index (χ0v) is 20.4. The van der Waals surface area contributed by atoms with Crippen LogP contribution in [0.3, 0.4) is 0 Å². The van der Waals surface area contributed by atoms with Gasteiger partial charge < -0.3 is 10.6 Å². The Morgan fingerprint density at radius 3 is 2.79 bits per heavy atom. The molecule has 0 amide bonds. The fourth-order valence-corrected chi connectivity index (χ4v) is 4.95. The highest BCUT2D eigenvalue weighted by Crippen LogP contribution is 2.23. The Kier molecular flexibility index (Phi) is 10.1. The van der Waals surface area contributed by atoms with E-state index < -0.39 is 10.8 Å². The lowest BCUT2D eigenvalue weighted by molar-refractivity contribution is 0.413. The molecule has 1 aromatic heterocycles. The van der Waals surface area contributed by atoms with Crippen LogP contribution in [0.1, 0.15) is 45.1 Å². The molecule has 160 valence electrons. The number of nitrogens with one attached hydrogen (secondary N) is 2. The first-order valence-electron chi connectivity index (χ1n) is 10.2. The quantitative estimate of drug-likeness (QED) is 0.327. The van der Waals surface area contributed by atoms with E-state index in [-0.39, 0.29) is 24.0 Å². The van der Waals surface area contributed by atoms with E-state index in [1.165, 1.54) is 0 Å². The fourth-order valence-electron chi connectivity index (χ4n) is 3.60. The van der Waals surface area contributed by atoms with Crippen molar-refractivity contribution in [2.45, 2.75) is 57.4 Å². The molecule has 0 aliphatic heterocycles. The molecule has 3 atom stereocenters. The molecule has 0 radical (unpaired) electrons. The third kappa shape index (κ3) is 7.09. The Morgan fingerprint density at radius 2 is 2.07 bits per heavy atom. The normalized spacial score (nSPS) is 20.6. The minimum Gasteiger partial charge on any atom is -0.357 e. The number of benzene rings is 1. The molecule has 3 rings (SSSR count). The average molecular weight is 529 g/mol. The summed E-state index contributed by atoms with van der Waals surface area (Å²) in [6.07, 6.45) is 8.14. The van der Waals surface area contributed by atoms with Crippen LogP contribution in [0.25, 0.3) is 5.69 Å². The lowest BCUT2D eigenvalue weighted by atomic mass is 9.95. The second-order valence-electron chi connectivity index (χ2n) is 7.12. The van der Waals surface area contributed by atoms with Gasteiger partial charge in [-0.1, -0.05) is 31.5 Å². The Bertz CT molecular complexity index is 795. The summed E-state index contributed by atoms with van der Waals surface area (Å²) in [4.78, 5) is 4.74. The van der Waals surface area contributed by atoms with Crippen molar-refractivity contribution in [2.24, 2.45) is 4.99 Å². The first-order valence-corrected chi connectivity index (χ1v) is 11.6. The summed E-state index contributed by atoms with van der Waals surface area (Å²) in [5.41, 5.74) is 2.11. The van der Waals surface area contributed by atoms with Crippen molar-refractivity contribution in [1.82, 2.24) is 20.4 Å². The van der Waals surface area contributed by atoms with Crippen molar-refractivity contribution in [3.05, 3.63) is 48.3 Å². The summed E-state index contributed by atoms with van der Waals surface area (Å²) >= 11 is 0. The maximum atomic E-state index is 12.2. The summed E-state index contributed by atoms with van der Waals surface area (Å²) in [5.74, 6) is 1.57. The molecule has 1 aromatic carbocycles. The number of hydrogen-bond donors (Lipinski definition) is 2. The molecule has 1 fully saturated rings. The van der Waals surface area contributed by atoms with Crippen LogP contribution in [0.15, 0.2) is 47.7 Å². The van der Waals surface area contributed by atoms with Gasteiger partial charge in [-0.3, -0.25) is 4.21 Å². The van der Waals surface area contributed by atoms with Gasteiger partial charge in [0, 0.05) is 46.1 Å². The first kappa shape index (κ1) is 23.9. The zero-order chi connectivity index (χ0) is 19.8. The van der Waals surface area contributed by atoms with Crippen molar-refractivity contribution < 1.29 is 4.21 Å². The molecule has 1 saturated carbocycles. The van der Waals surface area contributed by atoms with Gasteiger partial charge in [0.1, 0.15) is 0 Å². The van der Waals surface area contributed by atoms with Crippen LogP contribution < -0.4 is 10.6 Å². The molecular weight excluding hydrogens is 497 g/mol. The maximum Gasteiger partial charge on any atom is 0.191 e. The van der Waals surface area contributed by atoms with Gasteiger partial charge in [0.25, 0.3) is 0 Å². The highest BCUT2D eigenvalue weighted by atomic mass is 127. The van der Waals surface area contributed by atoms with E-state index >= 15 is 0 Å².